The van der Waals surface area contributed by atoms with Crippen LogP contribution in [0, 0.1) is 0 Å². The van der Waals surface area contributed by atoms with Gasteiger partial charge in [-0.1, -0.05) is 72.8 Å². The minimum absolute atomic E-state index is 0.0462. The Morgan fingerprint density at radius 2 is 0.651 bits per heavy atom. The molecule has 2 aliphatic heterocycles. The highest BCUT2D eigenvalue weighted by Gasteiger charge is 2.24. The zero-order chi connectivity index (χ0) is 59.5. The fraction of sp³-hybridized carbons (Fsp3) is 0.111. The molecule has 0 unspecified atom stereocenters. The number of hydrogen-bond acceptors (Lipinski definition) is 14. The molecule has 2 heterocycles. The Bertz CT molecular complexity index is 4090. The number of methoxy groups -OCH3 is 2. The maximum Gasteiger partial charge on any atom is 0.336 e. The van der Waals surface area contributed by atoms with Crippen molar-refractivity contribution in [2.45, 2.75) is 13.8 Å². The van der Waals surface area contributed by atoms with Gasteiger partial charge in [0, 0.05) is 46.6 Å². The summed E-state index contributed by atoms with van der Waals surface area (Å²) in [6.07, 6.45) is 12.6. The number of benzene rings is 10. The first kappa shape index (κ1) is 56.7. The van der Waals surface area contributed by atoms with Crippen LogP contribution in [-0.4, -0.2) is 64.9 Å². The van der Waals surface area contributed by atoms with Crippen molar-refractivity contribution in [2.24, 2.45) is 0 Å². The maximum atomic E-state index is 12.6. The highest BCUT2D eigenvalue weighted by Crippen LogP contribution is 2.49. The number of ether oxygens (including phenoxy) is 10. The van der Waals surface area contributed by atoms with Gasteiger partial charge in [-0.2, -0.15) is 0 Å². The van der Waals surface area contributed by atoms with Gasteiger partial charge in [-0.25, -0.2) is 19.2 Å². The summed E-state index contributed by atoms with van der Waals surface area (Å²) in [7, 11) is 3.15. The predicted octanol–water partition coefficient (Wildman–Crippen LogP) is 15.2. The van der Waals surface area contributed by atoms with Crippen LogP contribution in [0.5, 0.6) is 46.0 Å². The third kappa shape index (κ3) is 12.9. The van der Waals surface area contributed by atoms with Crippen LogP contribution in [0.15, 0.2) is 194 Å². The largest absolute Gasteiger partial charge is 0.497 e. The first-order chi connectivity index (χ1) is 42.0. The van der Waals surface area contributed by atoms with E-state index in [1.807, 2.05) is 121 Å². The minimum Gasteiger partial charge on any atom is -0.497 e. The van der Waals surface area contributed by atoms with E-state index in [9.17, 15) is 19.2 Å². The van der Waals surface area contributed by atoms with Crippen molar-refractivity contribution in [1.29, 1.82) is 0 Å². The van der Waals surface area contributed by atoms with Gasteiger partial charge < -0.3 is 47.4 Å². The van der Waals surface area contributed by atoms with Gasteiger partial charge in [0.2, 0.25) is 13.6 Å². The molecule has 12 rings (SSSR count). The summed E-state index contributed by atoms with van der Waals surface area (Å²) < 4.78 is 55.3. The number of fused-ring (bicyclic) bond motifs is 14. The van der Waals surface area contributed by atoms with E-state index in [4.69, 9.17) is 47.4 Å². The molecule has 0 radical (unpaired) electrons. The highest BCUT2D eigenvalue weighted by atomic mass is 16.7. The van der Waals surface area contributed by atoms with Gasteiger partial charge >= 0.3 is 23.9 Å². The Hall–Kier alpha value is -11.1. The van der Waals surface area contributed by atoms with Crippen LogP contribution in [0.3, 0.4) is 0 Å². The van der Waals surface area contributed by atoms with Crippen LogP contribution in [0.2, 0.25) is 0 Å². The minimum atomic E-state index is -0.501. The molecule has 0 fully saturated rings. The van der Waals surface area contributed by atoms with Crippen molar-refractivity contribution in [3.63, 3.8) is 0 Å². The molecular formula is C72H56O14. The second-order valence-electron chi connectivity index (χ2n) is 19.5. The first-order valence-corrected chi connectivity index (χ1v) is 27.6. The quantitative estimate of drug-likeness (QED) is 0.0574. The zero-order valence-corrected chi connectivity index (χ0v) is 47.3. The Balaban J connectivity index is 0.000000186. The summed E-state index contributed by atoms with van der Waals surface area (Å²) in [6, 6.07) is 53.4. The van der Waals surface area contributed by atoms with Crippen molar-refractivity contribution >= 4 is 91.3 Å². The molecule has 0 saturated heterocycles. The van der Waals surface area contributed by atoms with Gasteiger partial charge in [0.15, 0.2) is 0 Å². The van der Waals surface area contributed by atoms with Crippen molar-refractivity contribution in [3.05, 3.63) is 216 Å². The van der Waals surface area contributed by atoms with E-state index < -0.39 is 11.9 Å². The normalized spacial score (nSPS) is 12.3. The topological polar surface area (TPSA) is 161 Å². The molecule has 0 atom stereocenters. The second-order valence-corrected chi connectivity index (χ2v) is 19.5. The van der Waals surface area contributed by atoms with E-state index in [2.05, 4.69) is 0 Å². The fourth-order valence-corrected chi connectivity index (χ4v) is 10.2. The molecule has 0 aliphatic carbocycles. The Morgan fingerprint density at radius 1 is 0.349 bits per heavy atom. The zero-order valence-electron chi connectivity index (χ0n) is 47.3. The Morgan fingerprint density at radius 3 is 1.01 bits per heavy atom. The maximum absolute atomic E-state index is 12.6. The molecule has 0 spiro atoms. The van der Waals surface area contributed by atoms with Crippen LogP contribution in [-0.2, 0) is 28.7 Å². The standard InChI is InChI=1S/C41H30O8.C31H26O6/c1-44-30-11-15-32(16-12-30)48-38(42)21-5-26-3-7-28-9-19-36-40(34(28)23-26)41-35-24-27(4-8-29(35)10-20-37(41)47-25-46-36)6-22-39(43)49-33-17-13-31(45-2)14-18-33;1-3-34-28(32)15-7-20-5-11-24-22(17-20)9-13-26-30(24)31-25-12-6-21(8-16-29(33)35-4-2)18-23(25)10-14-27(31)37-19-36-26/h3-24H,25H2,1-2H3;5-18H,3-4,19H2,1-2H3/b21-5-,22-6-;15-7-,16-8-. The number of hydrogen-bond donors (Lipinski definition) is 0. The third-order valence-electron chi connectivity index (χ3n) is 14.2. The van der Waals surface area contributed by atoms with Crippen LogP contribution in [0.25, 0.3) is 89.6 Å². The van der Waals surface area contributed by atoms with Gasteiger partial charge in [-0.15, -0.1) is 0 Å². The van der Waals surface area contributed by atoms with Crippen LogP contribution < -0.4 is 37.9 Å². The highest BCUT2D eigenvalue weighted by molar-refractivity contribution is 6.12. The van der Waals surface area contributed by atoms with E-state index >= 15 is 0 Å². The molecule has 0 amide bonds. The molecule has 10 aromatic carbocycles. The van der Waals surface area contributed by atoms with Crippen LogP contribution in [0.1, 0.15) is 36.1 Å². The molecule has 0 saturated carbocycles. The van der Waals surface area contributed by atoms with Crippen molar-refractivity contribution in [1.82, 2.24) is 0 Å². The van der Waals surface area contributed by atoms with Gasteiger partial charge in [0.1, 0.15) is 46.0 Å². The predicted molar refractivity (Wildman–Crippen MR) is 333 cm³/mol. The summed E-state index contributed by atoms with van der Waals surface area (Å²) in [5.41, 5.74) is 7.03. The van der Waals surface area contributed by atoms with E-state index in [0.29, 0.717) is 47.7 Å². The second kappa shape index (κ2) is 26.0. The van der Waals surface area contributed by atoms with Crippen LogP contribution in [0.4, 0.5) is 0 Å². The monoisotopic (exact) mass is 1140 g/mol. The summed E-state index contributed by atoms with van der Waals surface area (Å²) in [5, 5.41) is 7.86. The molecule has 86 heavy (non-hydrogen) atoms. The molecule has 10 aromatic rings. The van der Waals surface area contributed by atoms with Crippen molar-refractivity contribution in [2.75, 3.05) is 41.0 Å². The van der Waals surface area contributed by atoms with Gasteiger partial charge in [0.25, 0.3) is 0 Å². The SMILES string of the molecule is CCOC(=O)/C=C\c1ccc2c3c(ccc2c1)OCOc1ccc2cc(/C=C\C(=O)OCC)ccc2c1-3.COc1ccc(OC(=O)/C=C\c2ccc3ccc4c(c3c2)-c2c(ccc3ccc(/C=C\C(=O)Oc5ccc(OC)cc5)cc23)OCO4)cc1. The summed E-state index contributed by atoms with van der Waals surface area (Å²) >= 11 is 0. The lowest BCUT2D eigenvalue weighted by molar-refractivity contribution is -0.138. The average molecular weight is 1150 g/mol. The summed E-state index contributed by atoms with van der Waals surface area (Å²) in [5.74, 6) is 3.26. The van der Waals surface area contributed by atoms with E-state index in [0.717, 1.165) is 99.1 Å². The molecule has 0 bridgehead atoms. The van der Waals surface area contributed by atoms with Crippen molar-refractivity contribution < 1.29 is 66.5 Å². The molecule has 2 aliphatic rings. The summed E-state index contributed by atoms with van der Waals surface area (Å²) in [4.78, 5) is 48.7. The van der Waals surface area contributed by atoms with Gasteiger partial charge in [-0.3, -0.25) is 0 Å². The molecular weight excluding hydrogens is 1090 g/mol. The first-order valence-electron chi connectivity index (χ1n) is 27.6. The van der Waals surface area contributed by atoms with E-state index in [1.165, 1.54) is 24.3 Å². The molecule has 14 nitrogen and oxygen atoms in total. The lowest BCUT2D eigenvalue weighted by Gasteiger charge is -2.15. The Labute approximate surface area is 495 Å². The van der Waals surface area contributed by atoms with Gasteiger partial charge in [-0.05, 0) is 201 Å². The lowest BCUT2D eigenvalue weighted by atomic mass is 9.91. The molecule has 0 N–H and O–H groups in total. The number of rotatable bonds is 14. The molecule has 428 valence electrons. The number of carbonyl (C=O) groups is 4. The molecule has 0 aromatic heterocycles. The third-order valence-corrected chi connectivity index (χ3v) is 14.2. The molecule has 14 heteroatoms. The van der Waals surface area contributed by atoms with Crippen LogP contribution >= 0.6 is 0 Å². The summed E-state index contributed by atoms with van der Waals surface area (Å²) in [6.45, 7) is 4.39. The van der Waals surface area contributed by atoms with E-state index in [-0.39, 0.29) is 25.5 Å². The number of carbonyl (C=O) groups excluding carboxylic acids is 4. The van der Waals surface area contributed by atoms with Crippen molar-refractivity contribution in [3.8, 4) is 68.2 Å². The number of esters is 4. The van der Waals surface area contributed by atoms with E-state index in [1.54, 1.807) is 101 Å². The average Bonchev–Trinajstić information content (AvgIpc) is 2.05. The fourth-order valence-electron chi connectivity index (χ4n) is 10.2. The Kier molecular flexibility index (Phi) is 17.1. The lowest BCUT2D eigenvalue weighted by Crippen LogP contribution is -2.03. The smallest absolute Gasteiger partial charge is 0.336 e. The van der Waals surface area contributed by atoms with Gasteiger partial charge in [0.05, 0.1) is 27.4 Å².